The molecule has 1 aromatic rings. The third kappa shape index (κ3) is 4.47. The standard InChI is InChI=1S/C17H25N5O2/c1-3-21(4-2)17(18)20-11-13-5-7-14(8-6-13)16(24)22-10-9-19-15(23)12-22/h5-8H,3-4,9-12H2,1-2H3,(H2,18,20)(H,19,23). The fourth-order valence-corrected chi connectivity index (χ4v) is 2.57. The van der Waals surface area contributed by atoms with Crippen LogP contribution in [-0.2, 0) is 11.3 Å². The van der Waals surface area contributed by atoms with E-state index in [1.165, 1.54) is 0 Å². The third-order valence-corrected chi connectivity index (χ3v) is 4.04. The maximum absolute atomic E-state index is 12.4. The quantitative estimate of drug-likeness (QED) is 0.604. The highest BCUT2D eigenvalue weighted by Gasteiger charge is 2.21. The van der Waals surface area contributed by atoms with E-state index >= 15 is 0 Å². The molecule has 0 radical (unpaired) electrons. The van der Waals surface area contributed by atoms with Crippen LogP contribution < -0.4 is 11.1 Å². The molecule has 130 valence electrons. The number of hydrogen-bond acceptors (Lipinski definition) is 3. The summed E-state index contributed by atoms with van der Waals surface area (Å²) in [5.74, 6) is 0.287. The van der Waals surface area contributed by atoms with Crippen LogP contribution in [0.5, 0.6) is 0 Å². The second-order valence-corrected chi connectivity index (χ2v) is 5.62. The molecular weight excluding hydrogens is 306 g/mol. The molecule has 7 nitrogen and oxygen atoms in total. The number of carbonyl (C=O) groups excluding carboxylic acids is 2. The first kappa shape index (κ1) is 17.8. The average Bonchev–Trinajstić information content (AvgIpc) is 2.61. The van der Waals surface area contributed by atoms with Gasteiger partial charge in [-0.1, -0.05) is 12.1 Å². The molecule has 0 saturated carbocycles. The first-order chi connectivity index (χ1) is 11.5. The summed E-state index contributed by atoms with van der Waals surface area (Å²) in [7, 11) is 0. The van der Waals surface area contributed by atoms with E-state index in [-0.39, 0.29) is 18.4 Å². The molecule has 1 aromatic carbocycles. The maximum atomic E-state index is 12.4. The van der Waals surface area contributed by atoms with Crippen molar-refractivity contribution in [2.75, 3.05) is 32.7 Å². The molecule has 1 aliphatic rings. The van der Waals surface area contributed by atoms with Crippen molar-refractivity contribution in [2.45, 2.75) is 20.4 Å². The lowest BCUT2D eigenvalue weighted by Crippen LogP contribution is -2.49. The molecule has 0 aliphatic carbocycles. The average molecular weight is 331 g/mol. The van der Waals surface area contributed by atoms with Crippen LogP contribution in [0, 0.1) is 0 Å². The van der Waals surface area contributed by atoms with Crippen molar-refractivity contribution >= 4 is 17.8 Å². The highest BCUT2D eigenvalue weighted by Crippen LogP contribution is 2.10. The van der Waals surface area contributed by atoms with Crippen LogP contribution in [-0.4, -0.2) is 60.3 Å². The van der Waals surface area contributed by atoms with Crippen molar-refractivity contribution in [3.8, 4) is 0 Å². The van der Waals surface area contributed by atoms with Crippen molar-refractivity contribution in [1.82, 2.24) is 15.1 Å². The van der Waals surface area contributed by atoms with Crippen molar-refractivity contribution in [2.24, 2.45) is 10.7 Å². The number of nitrogens with zero attached hydrogens (tertiary/aromatic N) is 3. The topological polar surface area (TPSA) is 91.0 Å². The van der Waals surface area contributed by atoms with Gasteiger partial charge in [0.2, 0.25) is 5.91 Å². The smallest absolute Gasteiger partial charge is 0.254 e. The predicted molar refractivity (Wildman–Crippen MR) is 93.6 cm³/mol. The van der Waals surface area contributed by atoms with Gasteiger partial charge in [-0.25, -0.2) is 4.99 Å². The summed E-state index contributed by atoms with van der Waals surface area (Å²) in [6.45, 7) is 7.35. The number of nitrogens with two attached hydrogens (primary N) is 1. The van der Waals surface area contributed by atoms with Gasteiger partial charge in [-0.05, 0) is 31.5 Å². The Morgan fingerprint density at radius 3 is 2.54 bits per heavy atom. The second kappa shape index (κ2) is 8.33. The lowest BCUT2D eigenvalue weighted by atomic mass is 10.1. The van der Waals surface area contributed by atoms with Gasteiger partial charge in [-0.15, -0.1) is 0 Å². The van der Waals surface area contributed by atoms with E-state index < -0.39 is 0 Å². The Hall–Kier alpha value is -2.57. The van der Waals surface area contributed by atoms with Crippen LogP contribution in [0.15, 0.2) is 29.3 Å². The Labute approximate surface area is 142 Å². The minimum absolute atomic E-state index is 0.116. The molecule has 1 heterocycles. The summed E-state index contributed by atoms with van der Waals surface area (Å²) in [6.07, 6.45) is 0. The first-order valence-corrected chi connectivity index (χ1v) is 8.25. The van der Waals surface area contributed by atoms with E-state index in [0.29, 0.717) is 31.2 Å². The molecule has 2 amide bonds. The van der Waals surface area contributed by atoms with Crippen LogP contribution in [0.2, 0.25) is 0 Å². The number of amides is 2. The largest absolute Gasteiger partial charge is 0.370 e. The molecule has 0 unspecified atom stereocenters. The summed E-state index contributed by atoms with van der Waals surface area (Å²) < 4.78 is 0. The van der Waals surface area contributed by atoms with Gasteiger partial charge in [-0.2, -0.15) is 0 Å². The van der Waals surface area contributed by atoms with Crippen LogP contribution in [0.3, 0.4) is 0 Å². The number of nitrogens with one attached hydrogen (secondary N) is 1. The van der Waals surface area contributed by atoms with Crippen molar-refractivity contribution in [1.29, 1.82) is 0 Å². The summed E-state index contributed by atoms with van der Waals surface area (Å²) in [5.41, 5.74) is 7.51. The van der Waals surface area contributed by atoms with E-state index in [4.69, 9.17) is 5.73 Å². The Kier molecular flexibility index (Phi) is 6.17. The van der Waals surface area contributed by atoms with E-state index in [9.17, 15) is 9.59 Å². The second-order valence-electron chi connectivity index (χ2n) is 5.62. The lowest BCUT2D eigenvalue weighted by Gasteiger charge is -2.26. The zero-order valence-corrected chi connectivity index (χ0v) is 14.3. The zero-order chi connectivity index (χ0) is 17.5. The molecule has 24 heavy (non-hydrogen) atoms. The lowest BCUT2D eigenvalue weighted by molar-refractivity contribution is -0.123. The number of carbonyl (C=O) groups is 2. The van der Waals surface area contributed by atoms with Crippen molar-refractivity contribution in [3.63, 3.8) is 0 Å². The Morgan fingerprint density at radius 2 is 1.96 bits per heavy atom. The Morgan fingerprint density at radius 1 is 1.29 bits per heavy atom. The van der Waals surface area contributed by atoms with Crippen LogP contribution in [0.1, 0.15) is 29.8 Å². The summed E-state index contributed by atoms with van der Waals surface area (Å²) in [5, 5.41) is 2.71. The van der Waals surface area contributed by atoms with E-state index in [1.807, 2.05) is 30.9 Å². The van der Waals surface area contributed by atoms with Crippen molar-refractivity contribution < 1.29 is 9.59 Å². The third-order valence-electron chi connectivity index (χ3n) is 4.04. The number of benzene rings is 1. The monoisotopic (exact) mass is 331 g/mol. The first-order valence-electron chi connectivity index (χ1n) is 8.25. The van der Waals surface area contributed by atoms with Crippen LogP contribution in [0.4, 0.5) is 0 Å². The molecule has 2 rings (SSSR count). The minimum atomic E-state index is -0.123. The summed E-state index contributed by atoms with van der Waals surface area (Å²) >= 11 is 0. The molecule has 0 spiro atoms. The van der Waals surface area contributed by atoms with E-state index in [2.05, 4.69) is 10.3 Å². The number of hydrogen-bond donors (Lipinski definition) is 2. The van der Waals surface area contributed by atoms with Gasteiger partial charge in [0.15, 0.2) is 5.96 Å². The molecule has 1 aliphatic heterocycles. The van der Waals surface area contributed by atoms with E-state index in [1.54, 1.807) is 17.0 Å². The Balaban J connectivity index is 1.98. The van der Waals surface area contributed by atoms with Gasteiger partial charge in [0, 0.05) is 31.7 Å². The fourth-order valence-electron chi connectivity index (χ4n) is 2.57. The predicted octanol–water partition coefficient (Wildman–Crippen LogP) is 0.415. The normalized spacial score (nSPS) is 15.2. The maximum Gasteiger partial charge on any atom is 0.254 e. The summed E-state index contributed by atoms with van der Waals surface area (Å²) in [6, 6.07) is 7.28. The molecule has 0 aromatic heterocycles. The molecule has 1 fully saturated rings. The van der Waals surface area contributed by atoms with Gasteiger partial charge in [0.1, 0.15) is 0 Å². The van der Waals surface area contributed by atoms with Crippen LogP contribution >= 0.6 is 0 Å². The minimum Gasteiger partial charge on any atom is -0.370 e. The van der Waals surface area contributed by atoms with Crippen LogP contribution in [0.25, 0.3) is 0 Å². The van der Waals surface area contributed by atoms with Gasteiger partial charge >= 0.3 is 0 Å². The van der Waals surface area contributed by atoms with Gasteiger partial charge in [0.25, 0.3) is 5.91 Å². The number of rotatable bonds is 5. The zero-order valence-electron chi connectivity index (χ0n) is 14.3. The number of guanidine groups is 1. The molecule has 1 saturated heterocycles. The number of piperazine rings is 1. The molecule has 7 heteroatoms. The van der Waals surface area contributed by atoms with Gasteiger partial charge in [-0.3, -0.25) is 9.59 Å². The number of aliphatic imine (C=N–C) groups is 1. The highest BCUT2D eigenvalue weighted by molar-refractivity contribution is 5.97. The molecule has 3 N–H and O–H groups in total. The highest BCUT2D eigenvalue weighted by atomic mass is 16.2. The fraction of sp³-hybridized carbons (Fsp3) is 0.471. The molecular formula is C17H25N5O2. The van der Waals surface area contributed by atoms with Crippen molar-refractivity contribution in [3.05, 3.63) is 35.4 Å². The molecule has 0 bridgehead atoms. The van der Waals surface area contributed by atoms with E-state index in [0.717, 1.165) is 18.7 Å². The summed E-state index contributed by atoms with van der Waals surface area (Å²) in [4.78, 5) is 31.7. The van der Waals surface area contributed by atoms with Gasteiger partial charge < -0.3 is 20.9 Å². The molecule has 0 atom stereocenters. The van der Waals surface area contributed by atoms with Gasteiger partial charge in [0.05, 0.1) is 13.1 Å². The Bertz CT molecular complexity index is 608. The SMILES string of the molecule is CCN(CC)C(N)=NCc1ccc(C(=O)N2CCNC(=O)C2)cc1.